The predicted octanol–water partition coefficient (Wildman–Crippen LogP) is 5.68. The Morgan fingerprint density at radius 1 is 1.03 bits per heavy atom. The molecule has 0 spiro atoms. The molecule has 4 aromatic rings. The second-order valence-electron chi connectivity index (χ2n) is 6.61. The Bertz CT molecular complexity index is 1280. The molecule has 2 aromatic carbocycles. The number of nitriles is 1. The normalized spacial score (nSPS) is 10.9. The molecule has 4 rings (SSSR count). The summed E-state index contributed by atoms with van der Waals surface area (Å²) in [6.07, 6.45) is 6.95. The Morgan fingerprint density at radius 3 is 2.68 bits per heavy atom. The summed E-state index contributed by atoms with van der Waals surface area (Å²) in [6, 6.07) is 18.8. The molecule has 0 amide bonds. The number of rotatable bonds is 6. The van der Waals surface area contributed by atoms with Gasteiger partial charge in [-0.15, -0.1) is 0 Å². The molecule has 0 saturated carbocycles. The fourth-order valence-electron chi connectivity index (χ4n) is 2.94. The quantitative estimate of drug-likeness (QED) is 0.369. The summed E-state index contributed by atoms with van der Waals surface area (Å²) in [4.78, 5) is 4.26. The molecular weight excluding hydrogens is 415 g/mol. The van der Waals surface area contributed by atoms with Gasteiger partial charge in [0.1, 0.15) is 12.4 Å². The molecule has 31 heavy (non-hydrogen) atoms. The van der Waals surface area contributed by atoms with E-state index in [0.29, 0.717) is 22.3 Å². The Hall–Kier alpha value is -3.95. The number of nitrogens with zero attached hydrogens (tertiary/aromatic N) is 4. The van der Waals surface area contributed by atoms with Crippen molar-refractivity contribution in [1.29, 1.82) is 5.26 Å². The van der Waals surface area contributed by atoms with Crippen LogP contribution in [0.3, 0.4) is 0 Å². The minimum Gasteiger partial charge on any atom is -0.473 e. The number of ether oxygens (including phenoxy) is 1. The first-order valence-corrected chi connectivity index (χ1v) is 9.75. The summed E-state index contributed by atoms with van der Waals surface area (Å²) < 4.78 is 20.6. The first kappa shape index (κ1) is 20.3. The first-order valence-electron chi connectivity index (χ1n) is 9.38. The second kappa shape index (κ2) is 9.24. The molecule has 5 nitrogen and oxygen atoms in total. The Balaban J connectivity index is 1.55. The fraction of sp³-hybridized carbons (Fsp3) is 0.0417. The molecule has 0 radical (unpaired) electrons. The van der Waals surface area contributed by atoms with Crippen LogP contribution < -0.4 is 4.74 Å². The van der Waals surface area contributed by atoms with Crippen molar-refractivity contribution in [2.24, 2.45) is 0 Å². The highest BCUT2D eigenvalue weighted by Crippen LogP contribution is 2.22. The maximum Gasteiger partial charge on any atom is 0.218 e. The molecule has 2 aromatic heterocycles. The molecule has 0 aliphatic heterocycles. The van der Waals surface area contributed by atoms with E-state index >= 15 is 0 Å². The smallest absolute Gasteiger partial charge is 0.218 e. The summed E-state index contributed by atoms with van der Waals surface area (Å²) in [6.45, 7) is 0.268. The lowest BCUT2D eigenvalue weighted by molar-refractivity contribution is 0.284. The van der Waals surface area contributed by atoms with Crippen LogP contribution in [0.2, 0.25) is 5.02 Å². The number of benzene rings is 2. The van der Waals surface area contributed by atoms with Gasteiger partial charge in [-0.25, -0.2) is 9.37 Å². The molecule has 0 unspecified atom stereocenters. The zero-order valence-electron chi connectivity index (χ0n) is 16.2. The van der Waals surface area contributed by atoms with Crippen LogP contribution in [-0.4, -0.2) is 14.8 Å². The average molecular weight is 431 g/mol. The van der Waals surface area contributed by atoms with Crippen LogP contribution in [0.25, 0.3) is 18.0 Å². The van der Waals surface area contributed by atoms with E-state index < -0.39 is 0 Å². The van der Waals surface area contributed by atoms with Gasteiger partial charge in [-0.05, 0) is 47.0 Å². The third kappa shape index (κ3) is 4.97. The Kier molecular flexibility index (Phi) is 6.06. The van der Waals surface area contributed by atoms with Gasteiger partial charge in [0.25, 0.3) is 0 Å². The van der Waals surface area contributed by atoms with Crippen LogP contribution in [0.4, 0.5) is 4.39 Å². The van der Waals surface area contributed by atoms with Crippen LogP contribution in [0.5, 0.6) is 5.88 Å². The van der Waals surface area contributed by atoms with Crippen molar-refractivity contribution in [3.63, 3.8) is 0 Å². The SMILES string of the molecule is N#Cc1ccnc(-n2nccc2OCc2ccc(Cl)cc2/C=C/c2ccc(F)cc2)c1. The number of hydrogen-bond acceptors (Lipinski definition) is 4. The van der Waals surface area contributed by atoms with Gasteiger partial charge >= 0.3 is 0 Å². The lowest BCUT2D eigenvalue weighted by Crippen LogP contribution is -2.05. The second-order valence-corrected chi connectivity index (χ2v) is 7.05. The van der Waals surface area contributed by atoms with Crippen molar-refractivity contribution in [2.45, 2.75) is 6.61 Å². The highest BCUT2D eigenvalue weighted by Gasteiger charge is 2.10. The summed E-state index contributed by atoms with van der Waals surface area (Å²) in [5, 5.41) is 14.0. The monoisotopic (exact) mass is 430 g/mol. The Labute approximate surface area is 183 Å². The molecule has 0 N–H and O–H groups in total. The summed E-state index contributed by atoms with van der Waals surface area (Å²) in [5.41, 5.74) is 3.15. The molecule has 2 heterocycles. The van der Waals surface area contributed by atoms with Crippen LogP contribution in [0.15, 0.2) is 73.1 Å². The summed E-state index contributed by atoms with van der Waals surface area (Å²) in [5.74, 6) is 0.706. The van der Waals surface area contributed by atoms with Gasteiger partial charge in [-0.3, -0.25) is 0 Å². The molecule has 7 heteroatoms. The zero-order chi connectivity index (χ0) is 21.6. The largest absolute Gasteiger partial charge is 0.473 e. The molecule has 0 saturated heterocycles. The number of halogens is 2. The van der Waals surface area contributed by atoms with Gasteiger partial charge in [-0.1, -0.05) is 42.0 Å². The average Bonchev–Trinajstić information content (AvgIpc) is 3.27. The Morgan fingerprint density at radius 2 is 1.87 bits per heavy atom. The van der Waals surface area contributed by atoms with E-state index in [-0.39, 0.29) is 12.4 Å². The zero-order valence-corrected chi connectivity index (χ0v) is 17.0. The standard InChI is InChI=1S/C24H16ClFN4O/c25-21-6-5-20(19(14-21)4-1-17-2-7-22(26)8-3-17)16-31-24-10-12-29-30(24)23-13-18(15-27)9-11-28-23/h1-14H,16H2/b4-1+. The number of pyridine rings is 1. The summed E-state index contributed by atoms with van der Waals surface area (Å²) >= 11 is 6.18. The number of hydrogen-bond donors (Lipinski definition) is 0. The van der Waals surface area contributed by atoms with Crippen molar-refractivity contribution < 1.29 is 9.13 Å². The van der Waals surface area contributed by atoms with E-state index in [9.17, 15) is 4.39 Å². The van der Waals surface area contributed by atoms with E-state index in [4.69, 9.17) is 21.6 Å². The molecular formula is C24H16ClFN4O. The topological polar surface area (TPSA) is 63.7 Å². The van der Waals surface area contributed by atoms with Crippen molar-refractivity contribution in [1.82, 2.24) is 14.8 Å². The van der Waals surface area contributed by atoms with E-state index in [2.05, 4.69) is 16.2 Å². The molecule has 0 fully saturated rings. The van der Waals surface area contributed by atoms with Crippen molar-refractivity contribution in [3.8, 4) is 17.8 Å². The van der Waals surface area contributed by atoms with Crippen molar-refractivity contribution >= 4 is 23.8 Å². The van der Waals surface area contributed by atoms with Gasteiger partial charge in [-0.2, -0.15) is 15.0 Å². The predicted molar refractivity (Wildman–Crippen MR) is 117 cm³/mol. The number of aromatic nitrogens is 3. The van der Waals surface area contributed by atoms with E-state index in [1.165, 1.54) is 16.8 Å². The minimum absolute atomic E-state index is 0.268. The third-order valence-corrected chi connectivity index (χ3v) is 4.74. The highest BCUT2D eigenvalue weighted by atomic mass is 35.5. The molecule has 0 atom stereocenters. The highest BCUT2D eigenvalue weighted by molar-refractivity contribution is 6.30. The van der Waals surface area contributed by atoms with Crippen LogP contribution in [-0.2, 0) is 6.61 Å². The van der Waals surface area contributed by atoms with Crippen LogP contribution in [0.1, 0.15) is 22.3 Å². The van der Waals surface area contributed by atoms with Crippen LogP contribution in [0, 0.1) is 17.1 Å². The van der Waals surface area contributed by atoms with Gasteiger partial charge in [0.05, 0.1) is 17.8 Å². The van der Waals surface area contributed by atoms with Crippen molar-refractivity contribution in [3.05, 3.63) is 106 Å². The fourth-order valence-corrected chi connectivity index (χ4v) is 3.12. The minimum atomic E-state index is -0.277. The van der Waals surface area contributed by atoms with E-state index in [1.54, 1.807) is 48.8 Å². The lowest BCUT2D eigenvalue weighted by Gasteiger charge is -2.11. The maximum absolute atomic E-state index is 13.1. The maximum atomic E-state index is 13.1. The molecule has 152 valence electrons. The van der Waals surface area contributed by atoms with Gasteiger partial charge in [0, 0.05) is 23.4 Å². The molecule has 0 aliphatic rings. The van der Waals surface area contributed by atoms with Gasteiger partial charge in [0.15, 0.2) is 5.82 Å². The third-order valence-electron chi connectivity index (χ3n) is 4.51. The van der Waals surface area contributed by atoms with E-state index in [0.717, 1.165) is 16.7 Å². The molecule has 0 bridgehead atoms. The van der Waals surface area contributed by atoms with Gasteiger partial charge in [0.2, 0.25) is 5.88 Å². The van der Waals surface area contributed by atoms with Crippen molar-refractivity contribution in [2.75, 3.05) is 0 Å². The lowest BCUT2D eigenvalue weighted by atomic mass is 10.1. The first-order chi connectivity index (χ1) is 15.1. The van der Waals surface area contributed by atoms with E-state index in [1.807, 2.05) is 24.3 Å². The van der Waals surface area contributed by atoms with Crippen LogP contribution >= 0.6 is 11.6 Å². The summed E-state index contributed by atoms with van der Waals surface area (Å²) in [7, 11) is 0. The van der Waals surface area contributed by atoms with Gasteiger partial charge < -0.3 is 4.74 Å². The molecule has 0 aliphatic carbocycles.